The highest BCUT2D eigenvalue weighted by atomic mass is 35.5. The fraction of sp³-hybridized carbons (Fsp3) is 0.222. The minimum Gasteiger partial charge on any atom is -0.441 e. The van der Waals surface area contributed by atoms with Crippen LogP contribution in [-0.2, 0) is 0 Å². The van der Waals surface area contributed by atoms with Crippen molar-refractivity contribution in [3.63, 3.8) is 0 Å². The first kappa shape index (κ1) is 11.1. The van der Waals surface area contributed by atoms with E-state index in [-0.39, 0.29) is 10.5 Å². The lowest BCUT2D eigenvalue weighted by atomic mass is 10.3. The molecular weight excluding hydrogens is 247 g/mol. The standard InChI is InChI=1S/C9H5ClF3NO2/c1-4-14-6-3-7(16-9(11,12)13)5(10)2-8(6)15-4/h2-3H,1H3. The number of oxazole rings is 1. The highest BCUT2D eigenvalue weighted by Crippen LogP contribution is 2.33. The van der Waals surface area contributed by atoms with E-state index in [0.717, 1.165) is 6.07 Å². The Morgan fingerprint density at radius 3 is 2.69 bits per heavy atom. The Morgan fingerprint density at radius 2 is 2.06 bits per heavy atom. The van der Waals surface area contributed by atoms with Crippen LogP contribution in [0.3, 0.4) is 0 Å². The normalized spacial score (nSPS) is 12.1. The van der Waals surface area contributed by atoms with E-state index in [4.69, 9.17) is 16.0 Å². The van der Waals surface area contributed by atoms with Gasteiger partial charge in [-0.15, -0.1) is 13.2 Å². The largest absolute Gasteiger partial charge is 0.573 e. The van der Waals surface area contributed by atoms with Crippen molar-refractivity contribution in [1.82, 2.24) is 4.98 Å². The number of rotatable bonds is 1. The molecule has 7 heteroatoms. The Bertz CT molecular complexity index is 535. The number of fused-ring (bicyclic) bond motifs is 1. The summed E-state index contributed by atoms with van der Waals surface area (Å²) in [5.41, 5.74) is 0.582. The van der Waals surface area contributed by atoms with E-state index in [9.17, 15) is 13.2 Å². The second-order valence-electron chi connectivity index (χ2n) is 3.03. The smallest absolute Gasteiger partial charge is 0.441 e. The number of aromatic nitrogens is 1. The van der Waals surface area contributed by atoms with E-state index in [1.165, 1.54) is 6.07 Å². The summed E-state index contributed by atoms with van der Waals surface area (Å²) in [6.07, 6.45) is -4.78. The summed E-state index contributed by atoms with van der Waals surface area (Å²) < 4.78 is 44.8. The molecule has 1 heterocycles. The first-order chi connectivity index (χ1) is 7.35. The highest BCUT2D eigenvalue weighted by molar-refractivity contribution is 6.32. The van der Waals surface area contributed by atoms with Crippen molar-refractivity contribution in [1.29, 1.82) is 0 Å². The van der Waals surface area contributed by atoms with Gasteiger partial charge >= 0.3 is 6.36 Å². The zero-order valence-electron chi connectivity index (χ0n) is 7.93. The SMILES string of the molecule is Cc1nc2cc(OC(F)(F)F)c(Cl)cc2o1. The third-order valence-electron chi connectivity index (χ3n) is 1.77. The number of benzene rings is 1. The Balaban J connectivity index is 2.49. The van der Waals surface area contributed by atoms with Crippen molar-refractivity contribution in [3.8, 4) is 5.75 Å². The number of alkyl halides is 3. The van der Waals surface area contributed by atoms with E-state index in [2.05, 4.69) is 9.72 Å². The summed E-state index contributed by atoms with van der Waals surface area (Å²) in [4.78, 5) is 3.87. The molecule has 86 valence electrons. The number of aryl methyl sites for hydroxylation is 1. The van der Waals surface area contributed by atoms with Crippen molar-refractivity contribution in [3.05, 3.63) is 23.0 Å². The molecule has 1 aromatic carbocycles. The number of hydrogen-bond donors (Lipinski definition) is 0. The summed E-state index contributed by atoms with van der Waals surface area (Å²) >= 11 is 5.61. The van der Waals surface area contributed by atoms with E-state index in [1.54, 1.807) is 6.92 Å². The first-order valence-electron chi connectivity index (χ1n) is 4.17. The molecule has 0 amide bonds. The van der Waals surface area contributed by atoms with Gasteiger partial charge in [0, 0.05) is 19.1 Å². The van der Waals surface area contributed by atoms with Gasteiger partial charge in [-0.1, -0.05) is 11.6 Å². The van der Waals surface area contributed by atoms with Gasteiger partial charge < -0.3 is 9.15 Å². The monoisotopic (exact) mass is 251 g/mol. The maximum absolute atomic E-state index is 12.0. The average Bonchev–Trinajstić information content (AvgIpc) is 2.42. The van der Waals surface area contributed by atoms with Crippen molar-refractivity contribution < 1.29 is 22.3 Å². The lowest BCUT2D eigenvalue weighted by Gasteiger charge is -2.09. The fourth-order valence-electron chi connectivity index (χ4n) is 1.25. The van der Waals surface area contributed by atoms with E-state index in [1.807, 2.05) is 0 Å². The van der Waals surface area contributed by atoms with Crippen LogP contribution < -0.4 is 4.74 Å². The molecule has 0 aliphatic heterocycles. The zero-order chi connectivity index (χ0) is 11.9. The Labute approximate surface area is 92.8 Å². The summed E-state index contributed by atoms with van der Waals surface area (Å²) in [6, 6.07) is 2.32. The highest BCUT2D eigenvalue weighted by Gasteiger charge is 2.32. The predicted octanol–water partition coefficient (Wildman–Crippen LogP) is 3.69. The topological polar surface area (TPSA) is 35.3 Å². The number of nitrogens with zero attached hydrogens (tertiary/aromatic N) is 1. The summed E-state index contributed by atoms with van der Waals surface area (Å²) in [5.74, 6) is -0.148. The molecular formula is C9H5ClF3NO2. The molecule has 0 N–H and O–H groups in total. The molecule has 0 aliphatic rings. The van der Waals surface area contributed by atoms with E-state index >= 15 is 0 Å². The number of hydrogen-bond acceptors (Lipinski definition) is 3. The third-order valence-corrected chi connectivity index (χ3v) is 2.07. The van der Waals surface area contributed by atoms with Gasteiger partial charge in [-0.3, -0.25) is 0 Å². The van der Waals surface area contributed by atoms with Crippen LogP contribution in [0.15, 0.2) is 16.5 Å². The second-order valence-corrected chi connectivity index (χ2v) is 3.44. The Morgan fingerprint density at radius 1 is 1.38 bits per heavy atom. The van der Waals surface area contributed by atoms with Gasteiger partial charge in [-0.05, 0) is 0 Å². The molecule has 3 nitrogen and oxygen atoms in total. The molecule has 0 fully saturated rings. The van der Waals surface area contributed by atoms with Crippen molar-refractivity contribution in [2.45, 2.75) is 13.3 Å². The summed E-state index contributed by atoms with van der Waals surface area (Å²) in [6.45, 7) is 1.58. The van der Waals surface area contributed by atoms with Crippen molar-refractivity contribution in [2.75, 3.05) is 0 Å². The maximum Gasteiger partial charge on any atom is 0.573 e. The van der Waals surface area contributed by atoms with Crippen molar-refractivity contribution in [2.24, 2.45) is 0 Å². The van der Waals surface area contributed by atoms with E-state index in [0.29, 0.717) is 11.5 Å². The molecule has 0 saturated heterocycles. The quantitative estimate of drug-likeness (QED) is 0.775. The molecule has 0 bridgehead atoms. The number of ether oxygens (including phenoxy) is 1. The van der Waals surface area contributed by atoms with Crippen LogP contribution >= 0.6 is 11.6 Å². The minimum absolute atomic E-state index is 0.180. The van der Waals surface area contributed by atoms with Crippen molar-refractivity contribution >= 4 is 22.7 Å². The number of halogens is 4. The summed E-state index contributed by atoms with van der Waals surface area (Å²) in [5, 5.41) is -0.180. The molecule has 0 atom stereocenters. The molecule has 2 rings (SSSR count). The van der Waals surface area contributed by atoms with Crippen LogP contribution in [0.5, 0.6) is 5.75 Å². The van der Waals surface area contributed by atoms with E-state index < -0.39 is 12.1 Å². The average molecular weight is 252 g/mol. The molecule has 0 spiro atoms. The van der Waals surface area contributed by atoms with Crippen LogP contribution in [-0.4, -0.2) is 11.3 Å². The van der Waals surface area contributed by atoms with Crippen LogP contribution in [0.2, 0.25) is 5.02 Å². The molecule has 16 heavy (non-hydrogen) atoms. The molecule has 2 aromatic rings. The predicted molar refractivity (Wildman–Crippen MR) is 50.4 cm³/mol. The van der Waals surface area contributed by atoms with Gasteiger partial charge in [0.25, 0.3) is 0 Å². The van der Waals surface area contributed by atoms with Gasteiger partial charge in [0.1, 0.15) is 11.3 Å². The van der Waals surface area contributed by atoms with Crippen LogP contribution in [0.4, 0.5) is 13.2 Å². The Hall–Kier alpha value is -1.43. The molecule has 0 aliphatic carbocycles. The molecule has 1 aromatic heterocycles. The lowest BCUT2D eigenvalue weighted by Crippen LogP contribution is -2.17. The zero-order valence-corrected chi connectivity index (χ0v) is 8.69. The van der Waals surface area contributed by atoms with Gasteiger partial charge in [0.05, 0.1) is 5.02 Å². The fourth-order valence-corrected chi connectivity index (χ4v) is 1.44. The molecule has 0 unspecified atom stereocenters. The first-order valence-corrected chi connectivity index (χ1v) is 4.55. The van der Waals surface area contributed by atoms with Gasteiger partial charge in [-0.2, -0.15) is 0 Å². The minimum atomic E-state index is -4.78. The van der Waals surface area contributed by atoms with Crippen LogP contribution in [0.1, 0.15) is 5.89 Å². The molecule has 0 saturated carbocycles. The van der Waals surface area contributed by atoms with Gasteiger partial charge in [-0.25, -0.2) is 4.98 Å². The summed E-state index contributed by atoms with van der Waals surface area (Å²) in [7, 11) is 0. The van der Waals surface area contributed by atoms with Gasteiger partial charge in [0.15, 0.2) is 11.5 Å². The lowest BCUT2D eigenvalue weighted by molar-refractivity contribution is -0.274. The second kappa shape index (κ2) is 3.55. The van der Waals surface area contributed by atoms with Gasteiger partial charge in [0.2, 0.25) is 0 Å². The van der Waals surface area contributed by atoms with Crippen LogP contribution in [0.25, 0.3) is 11.1 Å². The maximum atomic E-state index is 12.0. The Kier molecular flexibility index (Phi) is 2.46. The van der Waals surface area contributed by atoms with Crippen LogP contribution in [0, 0.1) is 6.92 Å². The molecule has 0 radical (unpaired) electrons. The third kappa shape index (κ3) is 2.21.